The van der Waals surface area contributed by atoms with E-state index in [1.165, 1.54) is 11.8 Å². The van der Waals surface area contributed by atoms with Gasteiger partial charge in [-0.3, -0.25) is 9.20 Å². The van der Waals surface area contributed by atoms with Crippen LogP contribution in [-0.2, 0) is 4.79 Å². The molecule has 0 bridgehead atoms. The van der Waals surface area contributed by atoms with Crippen LogP contribution in [-0.4, -0.2) is 25.8 Å². The zero-order valence-corrected chi connectivity index (χ0v) is 14.4. The van der Waals surface area contributed by atoms with E-state index < -0.39 is 0 Å². The molecule has 0 aliphatic heterocycles. The quantitative estimate of drug-likeness (QED) is 0.566. The van der Waals surface area contributed by atoms with Gasteiger partial charge < -0.3 is 5.32 Å². The molecule has 6 heteroatoms. The molecule has 4 rings (SSSR count). The fourth-order valence-corrected chi connectivity index (χ4v) is 3.46. The summed E-state index contributed by atoms with van der Waals surface area (Å²) in [4.78, 5) is 12.5. The Kier molecular flexibility index (Phi) is 4.11. The van der Waals surface area contributed by atoms with Gasteiger partial charge >= 0.3 is 0 Å². The number of hydrogen-bond acceptors (Lipinski definition) is 4. The van der Waals surface area contributed by atoms with Gasteiger partial charge in [-0.25, -0.2) is 0 Å². The number of pyridine rings is 1. The molecular weight excluding hydrogens is 332 g/mol. The first-order valence-electron chi connectivity index (χ1n) is 7.97. The number of carbonyl (C=O) groups excluding carboxylic acids is 1. The molecule has 1 atom stereocenters. The van der Waals surface area contributed by atoms with E-state index in [1.807, 2.05) is 72.1 Å². The van der Waals surface area contributed by atoms with Crippen LogP contribution in [0.25, 0.3) is 16.4 Å². The van der Waals surface area contributed by atoms with Gasteiger partial charge in [0, 0.05) is 11.9 Å². The Morgan fingerprint density at radius 3 is 2.72 bits per heavy atom. The van der Waals surface area contributed by atoms with Crippen LogP contribution in [0.3, 0.4) is 0 Å². The normalized spacial score (nSPS) is 12.4. The number of nitrogens with zero attached hydrogens (tertiary/aromatic N) is 3. The van der Waals surface area contributed by atoms with Gasteiger partial charge in [0.1, 0.15) is 0 Å². The third-order valence-corrected chi connectivity index (χ3v) is 5.01. The van der Waals surface area contributed by atoms with E-state index in [-0.39, 0.29) is 11.2 Å². The highest BCUT2D eigenvalue weighted by atomic mass is 32.2. The van der Waals surface area contributed by atoms with Crippen LogP contribution >= 0.6 is 11.8 Å². The minimum atomic E-state index is -0.293. The van der Waals surface area contributed by atoms with Gasteiger partial charge in [0.2, 0.25) is 5.91 Å². The molecule has 0 radical (unpaired) electrons. The number of nitrogens with one attached hydrogen (secondary N) is 1. The number of amides is 1. The topological polar surface area (TPSA) is 59.3 Å². The molecule has 0 spiro atoms. The van der Waals surface area contributed by atoms with E-state index in [9.17, 15) is 4.79 Å². The zero-order valence-electron chi connectivity index (χ0n) is 13.6. The van der Waals surface area contributed by atoms with Crippen molar-refractivity contribution < 1.29 is 4.79 Å². The second kappa shape index (κ2) is 6.57. The van der Waals surface area contributed by atoms with E-state index in [1.54, 1.807) is 0 Å². The maximum atomic E-state index is 12.5. The molecule has 4 aromatic rings. The highest BCUT2D eigenvalue weighted by Gasteiger charge is 2.18. The van der Waals surface area contributed by atoms with Crippen LogP contribution in [0, 0.1) is 0 Å². The van der Waals surface area contributed by atoms with Crippen molar-refractivity contribution in [1.29, 1.82) is 0 Å². The number of benzene rings is 2. The first kappa shape index (κ1) is 15.7. The summed E-state index contributed by atoms with van der Waals surface area (Å²) in [7, 11) is 0. The molecule has 1 N–H and O–H groups in total. The van der Waals surface area contributed by atoms with Crippen molar-refractivity contribution in [3.8, 4) is 0 Å². The van der Waals surface area contributed by atoms with Crippen molar-refractivity contribution in [3.63, 3.8) is 0 Å². The summed E-state index contributed by atoms with van der Waals surface area (Å²) < 4.78 is 1.88. The lowest BCUT2D eigenvalue weighted by atomic mass is 10.1. The summed E-state index contributed by atoms with van der Waals surface area (Å²) in [6, 6.07) is 19.7. The largest absolute Gasteiger partial charge is 0.325 e. The lowest BCUT2D eigenvalue weighted by molar-refractivity contribution is -0.115. The van der Waals surface area contributed by atoms with Gasteiger partial charge in [-0.15, -0.1) is 10.2 Å². The zero-order chi connectivity index (χ0) is 17.2. The first-order valence-corrected chi connectivity index (χ1v) is 8.85. The molecule has 2 aromatic carbocycles. The fraction of sp³-hybridized carbons (Fsp3) is 0.105. The molecule has 0 fully saturated rings. The minimum Gasteiger partial charge on any atom is -0.325 e. The van der Waals surface area contributed by atoms with E-state index in [0.717, 1.165) is 22.1 Å². The molecule has 5 nitrogen and oxygen atoms in total. The molecule has 0 saturated heterocycles. The first-order chi connectivity index (χ1) is 12.2. The van der Waals surface area contributed by atoms with Gasteiger partial charge in [0.05, 0.1) is 5.25 Å². The third kappa shape index (κ3) is 3.21. The average Bonchev–Trinajstić information content (AvgIpc) is 3.04. The van der Waals surface area contributed by atoms with Crippen molar-refractivity contribution in [2.24, 2.45) is 0 Å². The van der Waals surface area contributed by atoms with E-state index in [2.05, 4.69) is 21.6 Å². The van der Waals surface area contributed by atoms with Gasteiger partial charge in [0.15, 0.2) is 10.8 Å². The van der Waals surface area contributed by atoms with E-state index >= 15 is 0 Å². The highest BCUT2D eigenvalue weighted by Crippen LogP contribution is 2.24. The summed E-state index contributed by atoms with van der Waals surface area (Å²) in [5.41, 5.74) is 1.56. The maximum absolute atomic E-state index is 12.5. The molecule has 0 aliphatic carbocycles. The number of hydrogen-bond donors (Lipinski definition) is 1. The van der Waals surface area contributed by atoms with Gasteiger partial charge in [0.25, 0.3) is 0 Å². The maximum Gasteiger partial charge on any atom is 0.237 e. The number of thioether (sulfide) groups is 1. The summed E-state index contributed by atoms with van der Waals surface area (Å²) in [6.45, 7) is 1.87. The molecule has 2 aromatic heterocycles. The van der Waals surface area contributed by atoms with Crippen molar-refractivity contribution >= 4 is 39.8 Å². The van der Waals surface area contributed by atoms with Crippen LogP contribution in [0.15, 0.2) is 72.0 Å². The Labute approximate surface area is 149 Å². The van der Waals surface area contributed by atoms with Gasteiger partial charge in [-0.2, -0.15) is 0 Å². The summed E-state index contributed by atoms with van der Waals surface area (Å²) >= 11 is 1.39. The fourth-order valence-electron chi connectivity index (χ4n) is 2.62. The van der Waals surface area contributed by atoms with E-state index in [4.69, 9.17) is 0 Å². The third-order valence-electron chi connectivity index (χ3n) is 3.95. The van der Waals surface area contributed by atoms with E-state index in [0.29, 0.717) is 5.16 Å². The Hall–Kier alpha value is -2.86. The predicted molar refractivity (Wildman–Crippen MR) is 101 cm³/mol. The van der Waals surface area contributed by atoms with Crippen LogP contribution in [0.4, 0.5) is 5.69 Å². The lowest BCUT2D eigenvalue weighted by Crippen LogP contribution is -2.22. The van der Waals surface area contributed by atoms with Gasteiger partial charge in [-0.1, -0.05) is 48.2 Å². The second-order valence-electron chi connectivity index (χ2n) is 5.72. The van der Waals surface area contributed by atoms with Crippen LogP contribution < -0.4 is 5.32 Å². The molecule has 1 unspecified atom stereocenters. The number of fused-ring (bicyclic) bond motifs is 2. The summed E-state index contributed by atoms with van der Waals surface area (Å²) in [5, 5.41) is 13.9. The summed E-state index contributed by atoms with van der Waals surface area (Å²) in [5.74, 6) is -0.0621. The molecule has 0 saturated carbocycles. The number of rotatable bonds is 4. The molecule has 2 heterocycles. The number of anilines is 1. The molecule has 25 heavy (non-hydrogen) atoms. The van der Waals surface area contributed by atoms with Crippen molar-refractivity contribution in [2.75, 3.05) is 5.32 Å². The number of carbonyl (C=O) groups is 1. The molecule has 1 amide bonds. The standard InChI is InChI=1S/C19H16N4OS/c1-13(25-19-22-21-17-8-4-5-11-23(17)19)18(24)20-16-10-9-14-6-2-3-7-15(14)12-16/h2-13H,1H3,(H,20,24). The van der Waals surface area contributed by atoms with Crippen molar-refractivity contribution in [1.82, 2.24) is 14.6 Å². The monoisotopic (exact) mass is 348 g/mol. The summed E-state index contributed by atoms with van der Waals surface area (Å²) in [6.07, 6.45) is 1.89. The highest BCUT2D eigenvalue weighted by molar-refractivity contribution is 8.00. The minimum absolute atomic E-state index is 0.0621. The smallest absolute Gasteiger partial charge is 0.237 e. The molecular formula is C19H16N4OS. The second-order valence-corrected chi connectivity index (χ2v) is 7.03. The lowest BCUT2D eigenvalue weighted by Gasteiger charge is -2.11. The number of aromatic nitrogens is 3. The van der Waals surface area contributed by atoms with Crippen LogP contribution in [0.1, 0.15) is 6.92 Å². The Morgan fingerprint density at radius 1 is 1.04 bits per heavy atom. The van der Waals surface area contributed by atoms with Gasteiger partial charge in [-0.05, 0) is 42.0 Å². The predicted octanol–water partition coefficient (Wildman–Crippen LogP) is 4.00. The molecule has 124 valence electrons. The SMILES string of the molecule is CC(Sc1nnc2ccccn12)C(=O)Nc1ccc2ccccc2c1. The van der Waals surface area contributed by atoms with Crippen molar-refractivity contribution in [2.45, 2.75) is 17.3 Å². The molecule has 0 aliphatic rings. The van der Waals surface area contributed by atoms with Crippen LogP contribution in [0.2, 0.25) is 0 Å². The van der Waals surface area contributed by atoms with Crippen molar-refractivity contribution in [3.05, 3.63) is 66.9 Å². The van der Waals surface area contributed by atoms with Crippen LogP contribution in [0.5, 0.6) is 0 Å². The Morgan fingerprint density at radius 2 is 1.84 bits per heavy atom. The average molecular weight is 348 g/mol. The Bertz CT molecular complexity index is 1060. The Balaban J connectivity index is 1.49.